The molecule has 102 valence electrons. The van der Waals surface area contributed by atoms with Gasteiger partial charge in [0.25, 0.3) is 0 Å². The fourth-order valence-corrected chi connectivity index (χ4v) is 4.56. The zero-order chi connectivity index (χ0) is 14.0. The molecule has 0 fully saturated rings. The number of hydrogen-bond donors (Lipinski definition) is 2. The Hall–Kier alpha value is -1.22. The molecule has 0 spiro atoms. The topological polar surface area (TPSA) is 83.5 Å². The minimum atomic E-state index is -3.70. The molecular formula is C11H11NO4S3. The molecule has 0 aliphatic carbocycles. The fraction of sp³-hybridized carbons (Fsp3) is 0.182. The lowest BCUT2D eigenvalue weighted by atomic mass is 10.2. The number of rotatable bonds is 5. The van der Waals surface area contributed by atoms with Crippen molar-refractivity contribution in [2.24, 2.45) is 0 Å². The van der Waals surface area contributed by atoms with Crippen LogP contribution in [0.2, 0.25) is 0 Å². The van der Waals surface area contributed by atoms with Crippen molar-refractivity contribution in [2.75, 3.05) is 0 Å². The number of sulfonamides is 1. The first-order valence-electron chi connectivity index (χ1n) is 5.26. The molecule has 0 radical (unpaired) electrons. The molecule has 0 saturated heterocycles. The lowest BCUT2D eigenvalue weighted by Gasteiger charge is -2.11. The number of aromatic carboxylic acids is 1. The normalized spacial score (nSPS) is 13.3. The number of nitrogens with one attached hydrogen (secondary N) is 1. The molecule has 2 N–H and O–H groups in total. The van der Waals surface area contributed by atoms with Gasteiger partial charge in [0, 0.05) is 11.4 Å². The van der Waals surface area contributed by atoms with Gasteiger partial charge in [-0.3, -0.25) is 0 Å². The summed E-state index contributed by atoms with van der Waals surface area (Å²) in [6.45, 7) is 1.74. The van der Waals surface area contributed by atoms with Crippen LogP contribution in [-0.4, -0.2) is 19.5 Å². The van der Waals surface area contributed by atoms with E-state index in [0.717, 1.165) is 23.0 Å². The number of hydrogen-bond acceptors (Lipinski definition) is 5. The maximum absolute atomic E-state index is 12.1. The molecule has 0 aromatic carbocycles. The highest BCUT2D eigenvalue weighted by atomic mass is 32.2. The van der Waals surface area contributed by atoms with E-state index >= 15 is 0 Å². The average molecular weight is 317 g/mol. The molecular weight excluding hydrogens is 306 g/mol. The van der Waals surface area contributed by atoms with Crippen LogP contribution in [0.4, 0.5) is 0 Å². The van der Waals surface area contributed by atoms with E-state index in [1.165, 1.54) is 16.7 Å². The van der Waals surface area contributed by atoms with E-state index in [9.17, 15) is 13.2 Å². The van der Waals surface area contributed by atoms with Gasteiger partial charge in [0.2, 0.25) is 10.0 Å². The molecule has 0 aliphatic rings. The minimum Gasteiger partial charge on any atom is -0.477 e. The second-order valence-corrected chi connectivity index (χ2v) is 7.26. The smallest absolute Gasteiger partial charge is 0.345 e. The van der Waals surface area contributed by atoms with Gasteiger partial charge in [-0.25, -0.2) is 17.9 Å². The number of carboxylic acid groups (broad SMARTS) is 1. The highest BCUT2D eigenvalue weighted by molar-refractivity contribution is 7.89. The van der Waals surface area contributed by atoms with Crippen LogP contribution in [0.15, 0.2) is 33.2 Å². The molecule has 0 amide bonds. The standard InChI is InChI=1S/C11H11NO4S3/c1-7(8-2-3-17-5-8)12-19(15,16)9-4-10(11(13)14)18-6-9/h2-7,12H,1H3,(H,13,14). The van der Waals surface area contributed by atoms with Gasteiger partial charge in [0.1, 0.15) is 4.88 Å². The zero-order valence-corrected chi connectivity index (χ0v) is 12.3. The fourth-order valence-electron chi connectivity index (χ4n) is 1.46. The van der Waals surface area contributed by atoms with E-state index in [-0.39, 0.29) is 15.8 Å². The summed E-state index contributed by atoms with van der Waals surface area (Å²) in [5.41, 5.74) is 0.877. The van der Waals surface area contributed by atoms with Gasteiger partial charge >= 0.3 is 5.97 Å². The maximum Gasteiger partial charge on any atom is 0.345 e. The van der Waals surface area contributed by atoms with Gasteiger partial charge in [-0.05, 0) is 35.4 Å². The van der Waals surface area contributed by atoms with Crippen LogP contribution in [0.5, 0.6) is 0 Å². The summed E-state index contributed by atoms with van der Waals surface area (Å²) in [4.78, 5) is 10.7. The largest absolute Gasteiger partial charge is 0.477 e. The summed E-state index contributed by atoms with van der Waals surface area (Å²) in [7, 11) is -3.70. The van der Waals surface area contributed by atoms with Gasteiger partial charge in [-0.2, -0.15) is 11.3 Å². The van der Waals surface area contributed by atoms with E-state index in [0.29, 0.717) is 0 Å². The summed E-state index contributed by atoms with van der Waals surface area (Å²) in [6.07, 6.45) is 0. The van der Waals surface area contributed by atoms with Crippen molar-refractivity contribution in [1.82, 2.24) is 4.72 Å². The Bertz CT molecular complexity index is 673. The molecule has 1 unspecified atom stereocenters. The van der Waals surface area contributed by atoms with Crippen LogP contribution >= 0.6 is 22.7 Å². The first-order chi connectivity index (χ1) is 8.90. The Morgan fingerprint density at radius 3 is 2.68 bits per heavy atom. The predicted molar refractivity (Wildman–Crippen MR) is 74.3 cm³/mol. The highest BCUT2D eigenvalue weighted by Crippen LogP contribution is 2.22. The van der Waals surface area contributed by atoms with Gasteiger partial charge < -0.3 is 5.11 Å². The van der Waals surface area contributed by atoms with Crippen LogP contribution in [0, 0.1) is 0 Å². The third kappa shape index (κ3) is 3.21. The average Bonchev–Trinajstić information content (AvgIpc) is 3.00. The molecule has 2 heterocycles. The highest BCUT2D eigenvalue weighted by Gasteiger charge is 2.21. The number of carboxylic acids is 1. The van der Waals surface area contributed by atoms with Crippen LogP contribution in [0.3, 0.4) is 0 Å². The Labute approximate surface area is 118 Å². The lowest BCUT2D eigenvalue weighted by Crippen LogP contribution is -2.26. The van der Waals surface area contributed by atoms with Crippen molar-refractivity contribution in [2.45, 2.75) is 17.9 Å². The van der Waals surface area contributed by atoms with Crippen molar-refractivity contribution in [3.05, 3.63) is 38.7 Å². The van der Waals surface area contributed by atoms with Crippen LogP contribution in [0.25, 0.3) is 0 Å². The van der Waals surface area contributed by atoms with E-state index in [1.54, 1.807) is 6.92 Å². The van der Waals surface area contributed by atoms with E-state index in [2.05, 4.69) is 4.72 Å². The summed E-state index contributed by atoms with van der Waals surface area (Å²) in [5, 5.41) is 13.9. The molecule has 1 atom stereocenters. The van der Waals surface area contributed by atoms with Crippen LogP contribution < -0.4 is 4.72 Å². The third-order valence-corrected chi connectivity index (χ3v) is 5.76. The minimum absolute atomic E-state index is 0.00330. The summed E-state index contributed by atoms with van der Waals surface area (Å²) < 4.78 is 26.7. The summed E-state index contributed by atoms with van der Waals surface area (Å²) in [5.74, 6) is -1.13. The van der Waals surface area contributed by atoms with Crippen molar-refractivity contribution < 1.29 is 18.3 Å². The number of carbonyl (C=O) groups is 1. The van der Waals surface area contributed by atoms with E-state index in [1.807, 2.05) is 16.8 Å². The maximum atomic E-state index is 12.1. The van der Waals surface area contributed by atoms with Gasteiger partial charge in [-0.1, -0.05) is 0 Å². The molecule has 8 heteroatoms. The van der Waals surface area contributed by atoms with Crippen LogP contribution in [0.1, 0.15) is 28.2 Å². The molecule has 2 rings (SSSR count). The molecule has 2 aromatic heterocycles. The van der Waals surface area contributed by atoms with Crippen molar-refractivity contribution in [3.8, 4) is 0 Å². The monoisotopic (exact) mass is 317 g/mol. The van der Waals surface area contributed by atoms with Gasteiger partial charge in [0.05, 0.1) is 4.90 Å². The first kappa shape index (κ1) is 14.2. The van der Waals surface area contributed by atoms with Gasteiger partial charge in [0.15, 0.2) is 0 Å². The Morgan fingerprint density at radius 1 is 1.42 bits per heavy atom. The Morgan fingerprint density at radius 2 is 2.16 bits per heavy atom. The SMILES string of the molecule is CC(NS(=O)(=O)c1csc(C(=O)O)c1)c1ccsc1. The van der Waals surface area contributed by atoms with Crippen molar-refractivity contribution in [1.29, 1.82) is 0 Å². The second kappa shape index (κ2) is 5.41. The van der Waals surface area contributed by atoms with E-state index < -0.39 is 16.0 Å². The third-order valence-electron chi connectivity index (χ3n) is 2.47. The first-order valence-corrected chi connectivity index (χ1v) is 8.57. The molecule has 5 nitrogen and oxygen atoms in total. The van der Waals surface area contributed by atoms with Crippen molar-refractivity contribution in [3.63, 3.8) is 0 Å². The van der Waals surface area contributed by atoms with Crippen LogP contribution in [-0.2, 0) is 10.0 Å². The molecule has 0 saturated carbocycles. The van der Waals surface area contributed by atoms with Gasteiger partial charge in [-0.15, -0.1) is 11.3 Å². The summed E-state index contributed by atoms with van der Waals surface area (Å²) >= 11 is 2.38. The van der Waals surface area contributed by atoms with Crippen molar-refractivity contribution >= 4 is 38.7 Å². The summed E-state index contributed by atoms with van der Waals surface area (Å²) in [6, 6.07) is 2.65. The number of thiophene rings is 2. The predicted octanol–water partition coefficient (Wildman–Crippen LogP) is 2.55. The lowest BCUT2D eigenvalue weighted by molar-refractivity contribution is 0.0702. The van der Waals surface area contributed by atoms with E-state index in [4.69, 9.17) is 5.11 Å². The molecule has 0 bridgehead atoms. The zero-order valence-electron chi connectivity index (χ0n) is 9.86. The Balaban J connectivity index is 2.20. The quantitative estimate of drug-likeness (QED) is 0.887. The Kier molecular flexibility index (Phi) is 4.04. The molecule has 0 aliphatic heterocycles. The molecule has 19 heavy (non-hydrogen) atoms. The molecule has 2 aromatic rings. The second-order valence-electron chi connectivity index (χ2n) is 3.85.